The summed E-state index contributed by atoms with van der Waals surface area (Å²) < 4.78 is 36.3. The van der Waals surface area contributed by atoms with Gasteiger partial charge in [0, 0.05) is 22.7 Å². The number of ether oxygens (including phenoxy) is 1. The van der Waals surface area contributed by atoms with Gasteiger partial charge in [0.1, 0.15) is 28.4 Å². The fraction of sp³-hybridized carbons (Fsp3) is 0.250. The van der Waals surface area contributed by atoms with Crippen molar-refractivity contribution in [2.24, 2.45) is 0 Å². The van der Waals surface area contributed by atoms with Crippen molar-refractivity contribution in [1.29, 1.82) is 0 Å². The Morgan fingerprint density at radius 2 is 1.81 bits per heavy atom. The largest absolute Gasteiger partial charge is 0.495 e. The third-order valence-electron chi connectivity index (χ3n) is 6.99. The SMILES string of the molecule is COc1ccccc1NC(=O)N1Cc2c(sc3c2CCCC3)-n2cccc2[C@@H]1c1cc(F)cc(F)c1. The number of halogens is 2. The van der Waals surface area contributed by atoms with Crippen LogP contribution in [0.1, 0.15) is 46.1 Å². The highest BCUT2D eigenvalue weighted by molar-refractivity contribution is 7.15. The van der Waals surface area contributed by atoms with Crippen molar-refractivity contribution in [3.63, 3.8) is 0 Å². The summed E-state index contributed by atoms with van der Waals surface area (Å²) in [6.07, 6.45) is 6.25. The molecule has 0 saturated carbocycles. The molecule has 1 aliphatic heterocycles. The molecule has 36 heavy (non-hydrogen) atoms. The molecule has 4 aromatic rings. The van der Waals surface area contributed by atoms with Gasteiger partial charge in [0.2, 0.25) is 0 Å². The lowest BCUT2D eigenvalue weighted by atomic mass is 9.95. The third-order valence-corrected chi connectivity index (χ3v) is 8.32. The number of hydrogen-bond donors (Lipinski definition) is 1. The van der Waals surface area contributed by atoms with Crippen molar-refractivity contribution < 1.29 is 18.3 Å². The molecule has 2 aromatic carbocycles. The quantitative estimate of drug-likeness (QED) is 0.331. The van der Waals surface area contributed by atoms with Crippen molar-refractivity contribution in [2.75, 3.05) is 12.4 Å². The van der Waals surface area contributed by atoms with Crippen molar-refractivity contribution >= 4 is 23.1 Å². The topological polar surface area (TPSA) is 46.5 Å². The molecule has 8 heteroatoms. The monoisotopic (exact) mass is 505 g/mol. The van der Waals surface area contributed by atoms with Gasteiger partial charge >= 0.3 is 6.03 Å². The number of carbonyl (C=O) groups excluding carboxylic acids is 1. The maximum atomic E-state index is 14.4. The number of hydrogen-bond acceptors (Lipinski definition) is 3. The van der Waals surface area contributed by atoms with Gasteiger partial charge in [-0.25, -0.2) is 13.6 Å². The van der Waals surface area contributed by atoms with Crippen molar-refractivity contribution in [3.8, 4) is 10.8 Å². The van der Waals surface area contributed by atoms with Gasteiger partial charge in [0.25, 0.3) is 0 Å². The first-order chi connectivity index (χ1) is 17.5. The van der Waals surface area contributed by atoms with Gasteiger partial charge in [-0.1, -0.05) is 12.1 Å². The number of aryl methyl sites for hydroxylation is 1. The first-order valence-electron chi connectivity index (χ1n) is 12.0. The lowest BCUT2D eigenvalue weighted by Gasteiger charge is -2.31. The summed E-state index contributed by atoms with van der Waals surface area (Å²) in [6.45, 7) is 0.326. The first kappa shape index (κ1) is 22.8. The predicted octanol–water partition coefficient (Wildman–Crippen LogP) is 6.84. The number of aromatic nitrogens is 1. The van der Waals surface area contributed by atoms with Crippen molar-refractivity contribution in [2.45, 2.75) is 38.3 Å². The number of methoxy groups -OCH3 is 1. The second-order valence-electron chi connectivity index (χ2n) is 9.16. The highest BCUT2D eigenvalue weighted by Crippen LogP contribution is 2.44. The number of benzene rings is 2. The average Bonchev–Trinajstić information content (AvgIpc) is 3.45. The summed E-state index contributed by atoms with van der Waals surface area (Å²) in [7, 11) is 1.55. The molecular weight excluding hydrogens is 480 g/mol. The molecule has 2 amide bonds. The number of amides is 2. The molecule has 0 spiro atoms. The summed E-state index contributed by atoms with van der Waals surface area (Å²) in [6, 6.07) is 13.4. The van der Waals surface area contributed by atoms with Crippen LogP contribution < -0.4 is 10.1 Å². The Morgan fingerprint density at radius 1 is 1.03 bits per heavy atom. The van der Waals surface area contributed by atoms with Crippen LogP contribution in [0.3, 0.4) is 0 Å². The van der Waals surface area contributed by atoms with E-state index in [-0.39, 0.29) is 6.03 Å². The number of para-hydroxylation sites is 2. The fourth-order valence-corrected chi connectivity index (χ4v) is 6.81. The van der Waals surface area contributed by atoms with Crippen LogP contribution >= 0.6 is 11.3 Å². The van der Waals surface area contributed by atoms with E-state index in [0.717, 1.165) is 48.0 Å². The van der Waals surface area contributed by atoms with Crippen LogP contribution in [0.25, 0.3) is 5.00 Å². The Bertz CT molecular complexity index is 1440. The average molecular weight is 506 g/mol. The Balaban J connectivity index is 1.52. The Labute approximate surface area is 211 Å². The molecule has 2 aromatic heterocycles. The zero-order valence-electron chi connectivity index (χ0n) is 19.8. The highest BCUT2D eigenvalue weighted by Gasteiger charge is 2.36. The second kappa shape index (κ2) is 9.09. The van der Waals surface area contributed by atoms with E-state index in [0.29, 0.717) is 23.5 Å². The second-order valence-corrected chi connectivity index (χ2v) is 10.2. The minimum absolute atomic E-state index is 0.326. The maximum absolute atomic E-state index is 14.4. The van der Waals surface area contributed by atoms with Gasteiger partial charge in [-0.2, -0.15) is 0 Å². The number of thiophene rings is 1. The van der Waals surface area contributed by atoms with Gasteiger partial charge in [-0.15, -0.1) is 11.3 Å². The molecule has 0 unspecified atom stereocenters. The first-order valence-corrected chi connectivity index (χ1v) is 12.8. The number of nitrogens with zero attached hydrogens (tertiary/aromatic N) is 2. The lowest BCUT2D eigenvalue weighted by molar-refractivity contribution is 0.194. The third kappa shape index (κ3) is 3.86. The van der Waals surface area contributed by atoms with E-state index in [4.69, 9.17) is 4.74 Å². The number of anilines is 1. The molecule has 1 aliphatic carbocycles. The smallest absolute Gasteiger partial charge is 0.323 e. The fourth-order valence-electron chi connectivity index (χ4n) is 5.41. The molecule has 0 bridgehead atoms. The van der Waals surface area contributed by atoms with Gasteiger partial charge in [-0.3, -0.25) is 0 Å². The molecule has 0 saturated heterocycles. The zero-order valence-corrected chi connectivity index (χ0v) is 20.6. The van der Waals surface area contributed by atoms with Gasteiger partial charge in [0.05, 0.1) is 25.0 Å². The van der Waals surface area contributed by atoms with E-state index in [9.17, 15) is 13.6 Å². The number of nitrogens with one attached hydrogen (secondary N) is 1. The minimum Gasteiger partial charge on any atom is -0.495 e. The lowest BCUT2D eigenvalue weighted by Crippen LogP contribution is -2.38. The molecule has 1 N–H and O–H groups in total. The summed E-state index contributed by atoms with van der Waals surface area (Å²) in [4.78, 5) is 17.0. The normalized spacial score (nSPS) is 16.5. The molecule has 184 valence electrons. The molecule has 5 nitrogen and oxygen atoms in total. The summed E-state index contributed by atoms with van der Waals surface area (Å²) in [5, 5.41) is 4.06. The number of urea groups is 1. The highest BCUT2D eigenvalue weighted by atomic mass is 32.1. The van der Waals surface area contributed by atoms with Crippen LogP contribution in [-0.4, -0.2) is 22.6 Å². The van der Waals surface area contributed by atoms with Crippen LogP contribution in [0, 0.1) is 11.6 Å². The maximum Gasteiger partial charge on any atom is 0.323 e. The Hall–Kier alpha value is -3.65. The van der Waals surface area contributed by atoms with Crippen LogP contribution in [0.5, 0.6) is 5.75 Å². The van der Waals surface area contributed by atoms with E-state index in [1.54, 1.807) is 35.5 Å². The molecule has 3 heterocycles. The van der Waals surface area contributed by atoms with Gasteiger partial charge in [-0.05, 0) is 73.2 Å². The van der Waals surface area contributed by atoms with E-state index >= 15 is 0 Å². The summed E-state index contributed by atoms with van der Waals surface area (Å²) in [5.74, 6) is -0.819. The summed E-state index contributed by atoms with van der Waals surface area (Å²) >= 11 is 1.76. The number of rotatable bonds is 3. The molecule has 0 fully saturated rings. The number of fused-ring (bicyclic) bond motifs is 5. The molecule has 2 aliphatic rings. The zero-order chi connectivity index (χ0) is 24.8. The van der Waals surface area contributed by atoms with Crippen LogP contribution in [0.2, 0.25) is 0 Å². The molecule has 1 atom stereocenters. The van der Waals surface area contributed by atoms with Gasteiger partial charge in [0.15, 0.2) is 0 Å². The van der Waals surface area contributed by atoms with Crippen molar-refractivity contribution in [1.82, 2.24) is 9.47 Å². The van der Waals surface area contributed by atoms with E-state index < -0.39 is 17.7 Å². The van der Waals surface area contributed by atoms with E-state index in [2.05, 4.69) is 9.88 Å². The van der Waals surface area contributed by atoms with Crippen molar-refractivity contribution in [3.05, 3.63) is 99.7 Å². The predicted molar refractivity (Wildman–Crippen MR) is 136 cm³/mol. The molecular formula is C28H25F2N3O2S. The van der Waals surface area contributed by atoms with Crippen LogP contribution in [0.15, 0.2) is 60.8 Å². The number of carbonyl (C=O) groups is 1. The van der Waals surface area contributed by atoms with Gasteiger partial charge < -0.3 is 19.5 Å². The van der Waals surface area contributed by atoms with E-state index in [1.165, 1.54) is 22.6 Å². The summed E-state index contributed by atoms with van der Waals surface area (Å²) in [5.41, 5.74) is 4.12. The van der Waals surface area contributed by atoms with Crippen LogP contribution in [0.4, 0.5) is 19.3 Å². The molecule has 6 rings (SSSR count). The Kier molecular flexibility index (Phi) is 5.76. The Morgan fingerprint density at radius 3 is 2.61 bits per heavy atom. The van der Waals surface area contributed by atoms with E-state index in [1.807, 2.05) is 30.5 Å². The standard InChI is InChI=1S/C28H25F2N3O2S/c1-35-24-10-4-3-8-22(24)31-28(34)33-16-21-20-7-2-5-11-25(20)36-27(21)32-12-6-9-23(32)26(33)17-13-18(29)15-19(30)14-17/h3-4,6,8-10,12-15,26H,2,5,7,11,16H2,1H3,(H,31,34)/t26-/m0/s1. The molecule has 0 radical (unpaired) electrons. The van der Waals surface area contributed by atoms with Crippen LogP contribution in [-0.2, 0) is 19.4 Å². The minimum atomic E-state index is -0.696.